The molecule has 4 heteroatoms. The molecule has 1 saturated carbocycles. The molecule has 1 fully saturated rings. The molecule has 2 rings (SSSR count). The Morgan fingerprint density at radius 3 is 3.00 bits per heavy atom. The molecule has 0 bridgehead atoms. The second-order valence-corrected chi connectivity index (χ2v) is 6.95. The SMILES string of the molecule is CCNC(Cc1cncs1)C1(OCC)CCCC(C)C1. The molecule has 0 amide bonds. The molecule has 0 aromatic carbocycles. The molecule has 1 aromatic heterocycles. The summed E-state index contributed by atoms with van der Waals surface area (Å²) in [6, 6.07) is 0.399. The third-order valence-electron chi connectivity index (χ3n) is 4.40. The maximum atomic E-state index is 6.33. The topological polar surface area (TPSA) is 34.2 Å². The van der Waals surface area contributed by atoms with E-state index >= 15 is 0 Å². The minimum Gasteiger partial charge on any atom is -0.374 e. The lowest BCUT2D eigenvalue weighted by Crippen LogP contribution is -2.55. The molecule has 20 heavy (non-hydrogen) atoms. The lowest BCUT2D eigenvalue weighted by Gasteiger charge is -2.45. The normalized spacial score (nSPS) is 28.4. The quantitative estimate of drug-likeness (QED) is 0.834. The third kappa shape index (κ3) is 3.80. The van der Waals surface area contributed by atoms with Gasteiger partial charge in [-0.2, -0.15) is 0 Å². The van der Waals surface area contributed by atoms with Gasteiger partial charge in [0.1, 0.15) is 0 Å². The maximum absolute atomic E-state index is 6.33. The molecule has 3 atom stereocenters. The molecular formula is C16H28N2OS. The Balaban J connectivity index is 2.17. The summed E-state index contributed by atoms with van der Waals surface area (Å²) in [4.78, 5) is 5.57. The molecule has 1 aromatic rings. The third-order valence-corrected chi connectivity index (χ3v) is 5.20. The van der Waals surface area contributed by atoms with Crippen LogP contribution in [0.1, 0.15) is 51.3 Å². The smallest absolute Gasteiger partial charge is 0.0840 e. The maximum Gasteiger partial charge on any atom is 0.0840 e. The van der Waals surface area contributed by atoms with Gasteiger partial charge in [-0.1, -0.05) is 26.7 Å². The Morgan fingerprint density at radius 2 is 2.40 bits per heavy atom. The average molecular weight is 296 g/mol. The van der Waals surface area contributed by atoms with Gasteiger partial charge in [0.05, 0.1) is 11.1 Å². The molecule has 114 valence electrons. The zero-order valence-corrected chi connectivity index (χ0v) is 13.8. The van der Waals surface area contributed by atoms with Crippen LogP contribution in [0.15, 0.2) is 11.7 Å². The van der Waals surface area contributed by atoms with Crippen LogP contribution in [0.3, 0.4) is 0 Å². The second-order valence-electron chi connectivity index (χ2n) is 5.98. The highest BCUT2D eigenvalue weighted by molar-refractivity contribution is 7.09. The van der Waals surface area contributed by atoms with Crippen LogP contribution in [-0.4, -0.2) is 29.8 Å². The first-order chi connectivity index (χ1) is 9.70. The minimum absolute atomic E-state index is 0.00637. The second kappa shape index (κ2) is 7.53. The molecule has 1 aliphatic rings. The first-order valence-electron chi connectivity index (χ1n) is 7.95. The Hall–Kier alpha value is -0.450. The highest BCUT2D eigenvalue weighted by atomic mass is 32.1. The first-order valence-corrected chi connectivity index (χ1v) is 8.83. The van der Waals surface area contributed by atoms with Gasteiger partial charge in [0.2, 0.25) is 0 Å². The van der Waals surface area contributed by atoms with E-state index in [9.17, 15) is 0 Å². The molecule has 1 aliphatic carbocycles. The average Bonchev–Trinajstić information content (AvgIpc) is 2.91. The summed E-state index contributed by atoms with van der Waals surface area (Å²) in [5, 5.41) is 3.69. The van der Waals surface area contributed by atoms with E-state index in [1.807, 2.05) is 11.7 Å². The number of nitrogens with zero attached hydrogens (tertiary/aromatic N) is 1. The largest absolute Gasteiger partial charge is 0.374 e. The Bertz CT molecular complexity index is 378. The summed E-state index contributed by atoms with van der Waals surface area (Å²) in [6.45, 7) is 8.47. The van der Waals surface area contributed by atoms with Crippen molar-refractivity contribution < 1.29 is 4.74 Å². The summed E-state index contributed by atoms with van der Waals surface area (Å²) in [6.07, 6.45) is 8.02. The van der Waals surface area contributed by atoms with Gasteiger partial charge in [-0.05, 0) is 32.2 Å². The Morgan fingerprint density at radius 1 is 1.55 bits per heavy atom. The fourth-order valence-electron chi connectivity index (χ4n) is 3.61. The van der Waals surface area contributed by atoms with Gasteiger partial charge in [-0.3, -0.25) is 4.98 Å². The number of aromatic nitrogens is 1. The zero-order chi connectivity index (χ0) is 14.4. The molecule has 0 saturated heterocycles. The van der Waals surface area contributed by atoms with E-state index in [1.165, 1.54) is 30.6 Å². The highest BCUT2D eigenvalue weighted by Crippen LogP contribution is 2.39. The molecule has 0 spiro atoms. The minimum atomic E-state index is 0.00637. The fraction of sp³-hybridized carbons (Fsp3) is 0.812. The molecule has 3 unspecified atom stereocenters. The number of hydrogen-bond acceptors (Lipinski definition) is 4. The number of hydrogen-bond donors (Lipinski definition) is 1. The number of rotatable bonds is 7. The van der Waals surface area contributed by atoms with Crippen molar-refractivity contribution in [1.82, 2.24) is 10.3 Å². The fourth-order valence-corrected chi connectivity index (χ4v) is 4.26. The highest BCUT2D eigenvalue weighted by Gasteiger charge is 2.42. The van der Waals surface area contributed by atoms with E-state index in [2.05, 4.69) is 31.1 Å². The van der Waals surface area contributed by atoms with Crippen LogP contribution < -0.4 is 5.32 Å². The van der Waals surface area contributed by atoms with Crippen molar-refractivity contribution in [2.24, 2.45) is 5.92 Å². The van der Waals surface area contributed by atoms with Crippen LogP contribution in [0.25, 0.3) is 0 Å². The van der Waals surface area contributed by atoms with Crippen LogP contribution in [0.5, 0.6) is 0 Å². The number of ether oxygens (including phenoxy) is 1. The van der Waals surface area contributed by atoms with Crippen molar-refractivity contribution in [3.63, 3.8) is 0 Å². The van der Waals surface area contributed by atoms with Crippen LogP contribution in [0, 0.1) is 5.92 Å². The van der Waals surface area contributed by atoms with Gasteiger partial charge < -0.3 is 10.1 Å². The monoisotopic (exact) mass is 296 g/mol. The van der Waals surface area contributed by atoms with Gasteiger partial charge in [0.25, 0.3) is 0 Å². The number of thiazole rings is 1. The van der Waals surface area contributed by atoms with E-state index in [0.29, 0.717) is 6.04 Å². The van der Waals surface area contributed by atoms with Crippen LogP contribution in [-0.2, 0) is 11.2 Å². The Kier molecular flexibility index (Phi) is 6.00. The van der Waals surface area contributed by atoms with E-state index in [4.69, 9.17) is 4.74 Å². The van der Waals surface area contributed by atoms with Crippen molar-refractivity contribution in [3.05, 3.63) is 16.6 Å². The van der Waals surface area contributed by atoms with Crippen molar-refractivity contribution >= 4 is 11.3 Å². The summed E-state index contributed by atoms with van der Waals surface area (Å²) >= 11 is 1.75. The summed E-state index contributed by atoms with van der Waals surface area (Å²) in [5.41, 5.74) is 1.93. The lowest BCUT2D eigenvalue weighted by atomic mass is 9.73. The predicted molar refractivity (Wildman–Crippen MR) is 85.3 cm³/mol. The lowest BCUT2D eigenvalue weighted by molar-refractivity contribution is -0.0997. The first kappa shape index (κ1) is 15.9. The summed E-state index contributed by atoms with van der Waals surface area (Å²) < 4.78 is 6.33. The van der Waals surface area contributed by atoms with Gasteiger partial charge in [0.15, 0.2) is 0 Å². The van der Waals surface area contributed by atoms with Crippen LogP contribution in [0.4, 0.5) is 0 Å². The van der Waals surface area contributed by atoms with E-state index in [-0.39, 0.29) is 5.60 Å². The van der Waals surface area contributed by atoms with Gasteiger partial charge in [0, 0.05) is 30.1 Å². The Labute approximate surface area is 127 Å². The standard InChI is InChI=1S/C16H28N2OS/c1-4-18-15(9-14-11-17-12-20-14)16(19-5-2)8-6-7-13(3)10-16/h11-13,15,18H,4-10H2,1-3H3. The summed E-state index contributed by atoms with van der Waals surface area (Å²) in [5.74, 6) is 0.762. The summed E-state index contributed by atoms with van der Waals surface area (Å²) in [7, 11) is 0. The van der Waals surface area contributed by atoms with Gasteiger partial charge in [-0.15, -0.1) is 11.3 Å². The molecular weight excluding hydrogens is 268 g/mol. The van der Waals surface area contributed by atoms with Crippen molar-refractivity contribution in [1.29, 1.82) is 0 Å². The van der Waals surface area contributed by atoms with Crippen molar-refractivity contribution in [3.8, 4) is 0 Å². The van der Waals surface area contributed by atoms with E-state index < -0.39 is 0 Å². The molecule has 3 nitrogen and oxygen atoms in total. The molecule has 0 aliphatic heterocycles. The number of nitrogens with one attached hydrogen (secondary N) is 1. The molecule has 1 N–H and O–H groups in total. The van der Waals surface area contributed by atoms with Gasteiger partial charge in [-0.25, -0.2) is 0 Å². The van der Waals surface area contributed by atoms with Gasteiger partial charge >= 0.3 is 0 Å². The van der Waals surface area contributed by atoms with Crippen molar-refractivity contribution in [2.45, 2.75) is 64.5 Å². The zero-order valence-electron chi connectivity index (χ0n) is 13.0. The number of likely N-dealkylation sites (N-methyl/N-ethyl adjacent to an activating group) is 1. The van der Waals surface area contributed by atoms with Crippen LogP contribution >= 0.6 is 11.3 Å². The molecule has 0 radical (unpaired) electrons. The molecule has 1 heterocycles. The van der Waals surface area contributed by atoms with E-state index in [0.717, 1.165) is 25.5 Å². The van der Waals surface area contributed by atoms with Crippen molar-refractivity contribution in [2.75, 3.05) is 13.2 Å². The van der Waals surface area contributed by atoms with E-state index in [1.54, 1.807) is 11.3 Å². The predicted octanol–water partition coefficient (Wildman–Crippen LogP) is 3.65. The van der Waals surface area contributed by atoms with Crippen LogP contribution in [0.2, 0.25) is 0 Å².